The van der Waals surface area contributed by atoms with Gasteiger partial charge in [0.05, 0.1) is 5.69 Å². The lowest BCUT2D eigenvalue weighted by Gasteiger charge is -2.17. The molecule has 1 aromatic carbocycles. The molecule has 1 N–H and O–H groups in total. The fourth-order valence-electron chi connectivity index (χ4n) is 2.43. The number of anilines is 1. The van der Waals surface area contributed by atoms with E-state index in [-0.39, 0.29) is 5.91 Å². The molecule has 1 aromatic heterocycles. The summed E-state index contributed by atoms with van der Waals surface area (Å²) in [6.07, 6.45) is 1.31. The Labute approximate surface area is 127 Å². The number of ether oxygens (including phenoxy) is 1. The smallest absolute Gasteiger partial charge is 0.224 e. The van der Waals surface area contributed by atoms with E-state index in [4.69, 9.17) is 16.3 Å². The molecule has 1 aliphatic heterocycles. The monoisotopic (exact) mass is 305 g/mol. The predicted molar refractivity (Wildman–Crippen MR) is 80.7 cm³/mol. The van der Waals surface area contributed by atoms with Gasteiger partial charge in [0, 0.05) is 30.8 Å². The Hall–Kier alpha value is -2.01. The van der Waals surface area contributed by atoms with Crippen molar-refractivity contribution in [3.05, 3.63) is 40.2 Å². The van der Waals surface area contributed by atoms with Crippen LogP contribution in [0.3, 0.4) is 0 Å². The number of aryl methyl sites for hydroxylation is 3. The van der Waals surface area contributed by atoms with E-state index in [1.54, 1.807) is 11.7 Å². The van der Waals surface area contributed by atoms with Gasteiger partial charge in [-0.05, 0) is 25.0 Å². The maximum Gasteiger partial charge on any atom is 0.224 e. The first-order valence-electron chi connectivity index (χ1n) is 6.78. The lowest BCUT2D eigenvalue weighted by Crippen LogP contribution is -2.18. The first-order chi connectivity index (χ1) is 10.0. The second-order valence-electron chi connectivity index (χ2n) is 5.13. The zero-order valence-electron chi connectivity index (χ0n) is 11.9. The lowest BCUT2D eigenvalue weighted by atomic mass is 10.0. The van der Waals surface area contributed by atoms with E-state index in [9.17, 15) is 4.79 Å². The number of nitrogens with zero attached hydrogens (tertiary/aromatic N) is 2. The van der Waals surface area contributed by atoms with E-state index in [0.29, 0.717) is 23.9 Å². The third-order valence-electron chi connectivity index (χ3n) is 3.63. The van der Waals surface area contributed by atoms with Gasteiger partial charge in [0.15, 0.2) is 0 Å². The van der Waals surface area contributed by atoms with Crippen molar-refractivity contribution in [2.24, 2.45) is 7.05 Å². The average Bonchev–Trinajstić information content (AvgIpc) is 2.69. The molecule has 0 aliphatic carbocycles. The summed E-state index contributed by atoms with van der Waals surface area (Å²) in [6.45, 7) is 2.25. The number of carbonyl (C=O) groups excluding carboxylic acids is 1. The van der Waals surface area contributed by atoms with Crippen molar-refractivity contribution >= 4 is 23.2 Å². The van der Waals surface area contributed by atoms with E-state index in [1.807, 2.05) is 25.1 Å². The SMILES string of the molecule is Cc1nn(C)c(Cl)c1COc1ccc2c(c1)NC(=O)CC2. The Morgan fingerprint density at radius 3 is 2.95 bits per heavy atom. The molecule has 0 saturated carbocycles. The van der Waals surface area contributed by atoms with Gasteiger partial charge in [0.1, 0.15) is 17.5 Å². The van der Waals surface area contributed by atoms with Crippen LogP contribution in [0.5, 0.6) is 5.75 Å². The summed E-state index contributed by atoms with van der Waals surface area (Å²) in [5.41, 5.74) is 3.70. The standard InChI is InChI=1S/C15H16ClN3O2/c1-9-12(15(16)19(2)18-9)8-21-11-5-3-10-4-6-14(20)17-13(10)7-11/h3,5,7H,4,6,8H2,1-2H3,(H,17,20). The van der Waals surface area contributed by atoms with E-state index in [0.717, 1.165) is 28.9 Å². The molecule has 3 rings (SSSR count). The fraction of sp³-hybridized carbons (Fsp3) is 0.333. The third kappa shape index (κ3) is 2.74. The second kappa shape index (κ2) is 5.41. The minimum absolute atomic E-state index is 0.0470. The van der Waals surface area contributed by atoms with Crippen LogP contribution in [0, 0.1) is 6.92 Å². The van der Waals surface area contributed by atoms with Gasteiger partial charge in [0.25, 0.3) is 0 Å². The van der Waals surface area contributed by atoms with Crippen LogP contribution in [0.15, 0.2) is 18.2 Å². The average molecular weight is 306 g/mol. The van der Waals surface area contributed by atoms with Crippen LogP contribution in [-0.2, 0) is 24.9 Å². The largest absolute Gasteiger partial charge is 0.489 e. The molecular formula is C15H16ClN3O2. The van der Waals surface area contributed by atoms with Gasteiger partial charge >= 0.3 is 0 Å². The van der Waals surface area contributed by atoms with Crippen LogP contribution in [0.4, 0.5) is 5.69 Å². The lowest BCUT2D eigenvalue weighted by molar-refractivity contribution is -0.116. The second-order valence-corrected chi connectivity index (χ2v) is 5.49. The third-order valence-corrected chi connectivity index (χ3v) is 4.10. The quantitative estimate of drug-likeness (QED) is 0.948. The molecular weight excluding hydrogens is 290 g/mol. The molecule has 0 radical (unpaired) electrons. The van der Waals surface area contributed by atoms with Crippen molar-refractivity contribution in [3.63, 3.8) is 0 Å². The number of hydrogen-bond acceptors (Lipinski definition) is 3. The maximum atomic E-state index is 11.4. The van der Waals surface area contributed by atoms with Crippen molar-refractivity contribution in [2.75, 3.05) is 5.32 Å². The molecule has 1 aliphatic rings. The van der Waals surface area contributed by atoms with Gasteiger partial charge in [-0.3, -0.25) is 9.48 Å². The van der Waals surface area contributed by atoms with Crippen molar-refractivity contribution < 1.29 is 9.53 Å². The minimum atomic E-state index is 0.0470. The van der Waals surface area contributed by atoms with Gasteiger partial charge < -0.3 is 10.1 Å². The Morgan fingerprint density at radius 1 is 1.43 bits per heavy atom. The van der Waals surface area contributed by atoms with Crippen LogP contribution < -0.4 is 10.1 Å². The molecule has 2 heterocycles. The number of aromatic nitrogens is 2. The molecule has 0 saturated heterocycles. The molecule has 0 bridgehead atoms. The highest BCUT2D eigenvalue weighted by atomic mass is 35.5. The number of fused-ring (bicyclic) bond motifs is 1. The van der Waals surface area contributed by atoms with Crippen molar-refractivity contribution in [3.8, 4) is 5.75 Å². The number of rotatable bonds is 3. The molecule has 2 aromatic rings. The van der Waals surface area contributed by atoms with Crippen molar-refractivity contribution in [2.45, 2.75) is 26.4 Å². The maximum absolute atomic E-state index is 11.4. The van der Waals surface area contributed by atoms with Crippen LogP contribution in [0.2, 0.25) is 5.15 Å². The molecule has 0 unspecified atom stereocenters. The minimum Gasteiger partial charge on any atom is -0.489 e. The van der Waals surface area contributed by atoms with Gasteiger partial charge in [-0.1, -0.05) is 17.7 Å². The zero-order chi connectivity index (χ0) is 15.0. The summed E-state index contributed by atoms with van der Waals surface area (Å²) in [4.78, 5) is 11.4. The van der Waals surface area contributed by atoms with Crippen LogP contribution in [0.1, 0.15) is 23.2 Å². The van der Waals surface area contributed by atoms with Gasteiger partial charge in [-0.15, -0.1) is 0 Å². The highest BCUT2D eigenvalue weighted by Crippen LogP contribution is 2.28. The number of amides is 1. The summed E-state index contributed by atoms with van der Waals surface area (Å²) in [6, 6.07) is 5.75. The summed E-state index contributed by atoms with van der Waals surface area (Å²) in [7, 11) is 1.80. The normalized spacial score (nSPS) is 13.8. The molecule has 0 fully saturated rings. The van der Waals surface area contributed by atoms with Gasteiger partial charge in [0.2, 0.25) is 5.91 Å². The summed E-state index contributed by atoms with van der Waals surface area (Å²) < 4.78 is 7.41. The van der Waals surface area contributed by atoms with Crippen LogP contribution in [0.25, 0.3) is 0 Å². The fourth-order valence-corrected chi connectivity index (χ4v) is 2.66. The molecule has 1 amide bonds. The Kier molecular flexibility index (Phi) is 3.59. The van der Waals surface area contributed by atoms with Crippen molar-refractivity contribution in [1.29, 1.82) is 0 Å². The molecule has 110 valence electrons. The molecule has 6 heteroatoms. The number of benzene rings is 1. The van der Waals surface area contributed by atoms with E-state index >= 15 is 0 Å². The Bertz CT molecular complexity index is 709. The number of hydrogen-bond donors (Lipinski definition) is 1. The summed E-state index contributed by atoms with van der Waals surface area (Å²) in [5, 5.41) is 7.70. The zero-order valence-corrected chi connectivity index (χ0v) is 12.7. The topological polar surface area (TPSA) is 56.1 Å². The molecule has 0 spiro atoms. The molecule has 0 atom stereocenters. The molecule has 5 nitrogen and oxygen atoms in total. The first kappa shape index (κ1) is 13.9. The van der Waals surface area contributed by atoms with Gasteiger partial charge in [-0.2, -0.15) is 5.10 Å². The number of nitrogens with one attached hydrogen (secondary N) is 1. The number of carbonyl (C=O) groups is 1. The highest BCUT2D eigenvalue weighted by molar-refractivity contribution is 6.30. The van der Waals surface area contributed by atoms with Gasteiger partial charge in [-0.25, -0.2) is 0 Å². The summed E-state index contributed by atoms with van der Waals surface area (Å²) >= 11 is 6.18. The van der Waals surface area contributed by atoms with Crippen LogP contribution in [-0.4, -0.2) is 15.7 Å². The summed E-state index contributed by atoms with van der Waals surface area (Å²) in [5.74, 6) is 0.751. The van der Waals surface area contributed by atoms with E-state index in [1.165, 1.54) is 0 Å². The van der Waals surface area contributed by atoms with E-state index in [2.05, 4.69) is 10.4 Å². The highest BCUT2D eigenvalue weighted by Gasteiger charge is 2.16. The number of halogens is 1. The van der Waals surface area contributed by atoms with E-state index < -0.39 is 0 Å². The Balaban J connectivity index is 1.77. The first-order valence-corrected chi connectivity index (χ1v) is 7.16. The van der Waals surface area contributed by atoms with Crippen molar-refractivity contribution in [1.82, 2.24) is 9.78 Å². The van der Waals surface area contributed by atoms with Crippen LogP contribution >= 0.6 is 11.6 Å². The Morgan fingerprint density at radius 2 is 2.24 bits per heavy atom. The predicted octanol–water partition coefficient (Wildman–Crippen LogP) is 2.85. The molecule has 21 heavy (non-hydrogen) atoms.